The summed E-state index contributed by atoms with van der Waals surface area (Å²) in [4.78, 5) is 19.4. The van der Waals surface area contributed by atoms with Gasteiger partial charge in [0, 0.05) is 30.6 Å². The molecule has 0 aliphatic carbocycles. The normalized spacial score (nSPS) is 21.3. The number of aryl methyl sites for hydroxylation is 2. The zero-order valence-corrected chi connectivity index (χ0v) is 16.0. The smallest absolute Gasteiger partial charge is 0.257 e. The molecule has 25 heavy (non-hydrogen) atoms. The first-order valence-corrected chi connectivity index (χ1v) is 9.49. The highest BCUT2D eigenvalue weighted by atomic mass is 32.1. The third-order valence-corrected chi connectivity index (χ3v) is 4.94. The third-order valence-electron chi connectivity index (χ3n) is 4.14. The number of nitrogens with one attached hydrogen (secondary N) is 1. The molecule has 1 N–H and O–H groups in total. The van der Waals surface area contributed by atoms with Crippen LogP contribution in [0.5, 0.6) is 0 Å². The molecule has 1 aromatic carbocycles. The van der Waals surface area contributed by atoms with Crippen molar-refractivity contribution in [1.82, 2.24) is 9.88 Å². The van der Waals surface area contributed by atoms with E-state index in [1.807, 2.05) is 31.4 Å². The average molecular weight is 359 g/mol. The minimum atomic E-state index is -0.110. The van der Waals surface area contributed by atoms with Gasteiger partial charge in [-0.2, -0.15) is 0 Å². The van der Waals surface area contributed by atoms with Crippen LogP contribution in [0.3, 0.4) is 0 Å². The number of carbonyl (C=O) groups is 1. The lowest BCUT2D eigenvalue weighted by Gasteiger charge is -2.34. The van der Waals surface area contributed by atoms with Crippen LogP contribution in [-0.4, -0.2) is 41.1 Å². The first-order valence-electron chi connectivity index (χ1n) is 8.61. The maximum Gasteiger partial charge on any atom is 0.257 e. The first-order chi connectivity index (χ1) is 11.9. The van der Waals surface area contributed by atoms with Gasteiger partial charge in [-0.3, -0.25) is 15.0 Å². The minimum absolute atomic E-state index is 0.110. The Hall–Kier alpha value is -1.76. The van der Waals surface area contributed by atoms with Gasteiger partial charge in [0.1, 0.15) is 0 Å². The molecule has 5 nitrogen and oxygen atoms in total. The number of hydrogen-bond donors (Lipinski definition) is 1. The number of morpholine rings is 1. The molecule has 6 heteroatoms. The maximum atomic E-state index is 12.4. The summed E-state index contributed by atoms with van der Waals surface area (Å²) in [7, 11) is 0. The minimum Gasteiger partial charge on any atom is -0.373 e. The molecule has 1 saturated heterocycles. The lowest BCUT2D eigenvalue weighted by atomic mass is 10.1. The van der Waals surface area contributed by atoms with Gasteiger partial charge in [-0.05, 0) is 39.8 Å². The summed E-state index contributed by atoms with van der Waals surface area (Å²) >= 11 is 1.47. The van der Waals surface area contributed by atoms with E-state index >= 15 is 0 Å². The van der Waals surface area contributed by atoms with Crippen LogP contribution in [0.25, 0.3) is 0 Å². The van der Waals surface area contributed by atoms with Crippen molar-refractivity contribution in [2.24, 2.45) is 0 Å². The Morgan fingerprint density at radius 3 is 2.52 bits per heavy atom. The van der Waals surface area contributed by atoms with Gasteiger partial charge in [0.2, 0.25) is 0 Å². The summed E-state index contributed by atoms with van der Waals surface area (Å²) in [6.07, 6.45) is 0.484. The van der Waals surface area contributed by atoms with Crippen LogP contribution in [0, 0.1) is 13.8 Å². The Bertz CT molecular complexity index is 729. The molecule has 134 valence electrons. The highest BCUT2D eigenvalue weighted by Crippen LogP contribution is 2.20. The monoisotopic (exact) mass is 359 g/mol. The predicted octanol–water partition coefficient (Wildman–Crippen LogP) is 3.62. The van der Waals surface area contributed by atoms with Crippen LogP contribution >= 0.6 is 11.3 Å². The second-order valence-corrected chi connectivity index (χ2v) is 7.78. The van der Waals surface area contributed by atoms with E-state index in [1.54, 1.807) is 0 Å². The molecule has 2 heterocycles. The van der Waals surface area contributed by atoms with Gasteiger partial charge in [-0.25, -0.2) is 4.98 Å². The summed E-state index contributed by atoms with van der Waals surface area (Å²) < 4.78 is 5.76. The van der Waals surface area contributed by atoms with Gasteiger partial charge in [0.15, 0.2) is 5.13 Å². The molecular weight excluding hydrogens is 334 g/mol. The number of thiazole rings is 1. The van der Waals surface area contributed by atoms with Crippen molar-refractivity contribution < 1.29 is 9.53 Å². The lowest BCUT2D eigenvalue weighted by Crippen LogP contribution is -2.44. The van der Waals surface area contributed by atoms with Gasteiger partial charge in [0.05, 0.1) is 17.9 Å². The number of carbonyl (C=O) groups excluding carboxylic acids is 1. The Balaban J connectivity index is 1.62. The number of anilines is 1. The third kappa shape index (κ3) is 4.87. The summed E-state index contributed by atoms with van der Waals surface area (Å²) in [5.74, 6) is -0.110. The molecule has 2 aromatic rings. The molecule has 0 spiro atoms. The van der Waals surface area contributed by atoms with Crippen LogP contribution in [0.4, 0.5) is 5.13 Å². The molecule has 1 amide bonds. The van der Waals surface area contributed by atoms with Crippen LogP contribution in [0.15, 0.2) is 23.6 Å². The van der Waals surface area contributed by atoms with Gasteiger partial charge in [-0.15, -0.1) is 11.3 Å². The van der Waals surface area contributed by atoms with Crippen LogP contribution < -0.4 is 5.32 Å². The van der Waals surface area contributed by atoms with Crippen molar-refractivity contribution in [2.75, 3.05) is 18.4 Å². The van der Waals surface area contributed by atoms with Crippen LogP contribution in [-0.2, 0) is 11.3 Å². The molecular formula is C19H25N3O2S. The summed E-state index contributed by atoms with van der Waals surface area (Å²) in [5, 5.41) is 5.58. The molecule has 0 bridgehead atoms. The summed E-state index contributed by atoms with van der Waals surface area (Å²) in [6.45, 7) is 10.8. The number of amides is 1. The molecule has 2 atom stereocenters. The van der Waals surface area contributed by atoms with Crippen molar-refractivity contribution in [1.29, 1.82) is 0 Å². The van der Waals surface area contributed by atoms with Crippen molar-refractivity contribution in [3.8, 4) is 0 Å². The second kappa shape index (κ2) is 7.64. The van der Waals surface area contributed by atoms with E-state index in [0.717, 1.165) is 36.5 Å². The number of ether oxygens (including phenoxy) is 1. The Morgan fingerprint density at radius 2 is 1.88 bits per heavy atom. The number of nitrogens with zero attached hydrogens (tertiary/aromatic N) is 2. The second-order valence-electron chi connectivity index (χ2n) is 6.93. The zero-order valence-electron chi connectivity index (χ0n) is 15.2. The number of rotatable bonds is 4. The molecule has 1 aliphatic heterocycles. The van der Waals surface area contributed by atoms with E-state index in [2.05, 4.69) is 35.1 Å². The highest BCUT2D eigenvalue weighted by molar-refractivity contribution is 7.13. The fourth-order valence-corrected chi connectivity index (χ4v) is 4.05. The van der Waals surface area contributed by atoms with Crippen LogP contribution in [0.1, 0.15) is 41.0 Å². The van der Waals surface area contributed by atoms with E-state index < -0.39 is 0 Å². The molecule has 3 rings (SSSR count). The quantitative estimate of drug-likeness (QED) is 0.906. The summed E-state index contributed by atoms with van der Waals surface area (Å²) in [5.41, 5.74) is 3.83. The molecule has 0 radical (unpaired) electrons. The fraction of sp³-hybridized carbons (Fsp3) is 0.474. The largest absolute Gasteiger partial charge is 0.373 e. The predicted molar refractivity (Wildman–Crippen MR) is 101 cm³/mol. The highest BCUT2D eigenvalue weighted by Gasteiger charge is 2.22. The van der Waals surface area contributed by atoms with Gasteiger partial charge >= 0.3 is 0 Å². The topological polar surface area (TPSA) is 54.5 Å². The lowest BCUT2D eigenvalue weighted by molar-refractivity contribution is -0.0707. The van der Waals surface area contributed by atoms with E-state index in [0.29, 0.717) is 10.7 Å². The fourth-order valence-electron chi connectivity index (χ4n) is 3.35. The molecule has 1 aliphatic rings. The standard InChI is InChI=1S/C19H25N3O2S/c1-12-5-13(2)7-16(6-12)18(23)21-19-20-17(11-25-19)10-22-8-14(3)24-15(4)9-22/h5-7,11,14-15H,8-10H2,1-4H3,(H,20,21,23)/t14-,15-/m1/s1. The van der Waals surface area contributed by atoms with Gasteiger partial charge in [-0.1, -0.05) is 17.2 Å². The van der Waals surface area contributed by atoms with Gasteiger partial charge in [0.25, 0.3) is 5.91 Å². The SMILES string of the molecule is Cc1cc(C)cc(C(=O)Nc2nc(CN3C[C@@H](C)O[C@H](C)C3)cs2)c1. The molecule has 1 fully saturated rings. The van der Waals surface area contributed by atoms with Gasteiger partial charge < -0.3 is 4.74 Å². The van der Waals surface area contributed by atoms with Crippen molar-refractivity contribution in [3.05, 3.63) is 46.0 Å². The van der Waals surface area contributed by atoms with Crippen LogP contribution in [0.2, 0.25) is 0 Å². The number of benzene rings is 1. The molecule has 0 unspecified atom stereocenters. The summed E-state index contributed by atoms with van der Waals surface area (Å²) in [6, 6.07) is 5.85. The average Bonchev–Trinajstić information content (AvgIpc) is 2.92. The molecule has 1 aromatic heterocycles. The number of aromatic nitrogens is 1. The molecule has 0 saturated carbocycles. The zero-order chi connectivity index (χ0) is 18.0. The maximum absolute atomic E-state index is 12.4. The van der Waals surface area contributed by atoms with E-state index in [9.17, 15) is 4.79 Å². The van der Waals surface area contributed by atoms with Crippen molar-refractivity contribution in [3.63, 3.8) is 0 Å². The Labute approximate surface area is 153 Å². The van der Waals surface area contributed by atoms with Crippen molar-refractivity contribution >= 4 is 22.4 Å². The Morgan fingerprint density at radius 1 is 1.24 bits per heavy atom. The van der Waals surface area contributed by atoms with E-state index in [4.69, 9.17) is 4.74 Å². The first kappa shape index (κ1) is 18.0. The van der Waals surface area contributed by atoms with E-state index in [-0.39, 0.29) is 18.1 Å². The number of hydrogen-bond acceptors (Lipinski definition) is 5. The Kier molecular flexibility index (Phi) is 5.51. The van der Waals surface area contributed by atoms with Crippen molar-refractivity contribution in [2.45, 2.75) is 46.4 Å². The van der Waals surface area contributed by atoms with E-state index in [1.165, 1.54) is 11.3 Å².